The van der Waals surface area contributed by atoms with E-state index in [1.165, 1.54) is 6.07 Å². The molecule has 1 rings (SSSR count). The molecule has 66 valence electrons. The molecule has 0 spiro atoms. The van der Waals surface area contributed by atoms with Crippen molar-refractivity contribution in [2.45, 2.75) is 0 Å². The van der Waals surface area contributed by atoms with Gasteiger partial charge in [0, 0.05) is 11.7 Å². The molecule has 0 aliphatic heterocycles. The van der Waals surface area contributed by atoms with Crippen LogP contribution in [-0.4, -0.2) is 22.2 Å². The van der Waals surface area contributed by atoms with E-state index in [1.54, 1.807) is 0 Å². The highest BCUT2D eigenvalue weighted by molar-refractivity contribution is 6.59. The number of nitrogens with zero attached hydrogens (tertiary/aromatic N) is 2. The molecule has 0 fully saturated rings. The van der Waals surface area contributed by atoms with Gasteiger partial charge in [0.15, 0.2) is 5.82 Å². The minimum Gasteiger partial charge on any atom is -0.423 e. The fourth-order valence-corrected chi connectivity index (χ4v) is 0.787. The Morgan fingerprint density at radius 1 is 1.46 bits per heavy atom. The van der Waals surface area contributed by atoms with Crippen molar-refractivity contribution in [2.24, 2.45) is 0 Å². The molecule has 0 radical (unpaired) electrons. The molecule has 1 aromatic heterocycles. The standard InChI is InChI=1S/C6H3BF2N2O2/c8-5-3(1-10)4(7(12)13)2-11-6(5)9/h2,12-13H. The van der Waals surface area contributed by atoms with Gasteiger partial charge in [-0.2, -0.15) is 9.65 Å². The van der Waals surface area contributed by atoms with E-state index in [9.17, 15) is 8.78 Å². The van der Waals surface area contributed by atoms with Gasteiger partial charge in [0.1, 0.15) is 6.07 Å². The van der Waals surface area contributed by atoms with Gasteiger partial charge in [0.05, 0.1) is 5.56 Å². The third-order valence-corrected chi connectivity index (χ3v) is 1.40. The zero-order chi connectivity index (χ0) is 10.0. The van der Waals surface area contributed by atoms with Gasteiger partial charge in [-0.1, -0.05) is 0 Å². The molecule has 7 heteroatoms. The third-order valence-electron chi connectivity index (χ3n) is 1.40. The summed E-state index contributed by atoms with van der Waals surface area (Å²) in [4.78, 5) is 2.90. The summed E-state index contributed by atoms with van der Waals surface area (Å²) in [6.07, 6.45) is 0.696. The summed E-state index contributed by atoms with van der Waals surface area (Å²) in [6.45, 7) is 0. The Morgan fingerprint density at radius 3 is 2.54 bits per heavy atom. The van der Waals surface area contributed by atoms with Gasteiger partial charge < -0.3 is 10.0 Å². The monoisotopic (exact) mass is 184 g/mol. The highest BCUT2D eigenvalue weighted by Gasteiger charge is 2.22. The van der Waals surface area contributed by atoms with E-state index in [-0.39, 0.29) is 0 Å². The van der Waals surface area contributed by atoms with E-state index in [2.05, 4.69) is 4.98 Å². The van der Waals surface area contributed by atoms with Gasteiger partial charge >= 0.3 is 7.12 Å². The minimum absolute atomic E-state index is 0.457. The second kappa shape index (κ2) is 3.47. The maximum absolute atomic E-state index is 12.7. The van der Waals surface area contributed by atoms with Crippen LogP contribution in [0, 0.1) is 23.1 Å². The van der Waals surface area contributed by atoms with E-state index < -0.39 is 29.9 Å². The van der Waals surface area contributed by atoms with Crippen LogP contribution in [0.3, 0.4) is 0 Å². The molecule has 0 unspecified atom stereocenters. The maximum atomic E-state index is 12.7. The number of pyridine rings is 1. The van der Waals surface area contributed by atoms with Crippen LogP contribution in [0.2, 0.25) is 0 Å². The van der Waals surface area contributed by atoms with Crippen LogP contribution in [0.15, 0.2) is 6.20 Å². The van der Waals surface area contributed by atoms with Crippen LogP contribution in [-0.2, 0) is 0 Å². The molecule has 0 saturated heterocycles. The van der Waals surface area contributed by atoms with E-state index in [0.717, 1.165) is 0 Å². The van der Waals surface area contributed by atoms with Crippen molar-refractivity contribution < 1.29 is 18.8 Å². The highest BCUT2D eigenvalue weighted by Crippen LogP contribution is 2.05. The van der Waals surface area contributed by atoms with Crippen LogP contribution < -0.4 is 5.46 Å². The molecule has 0 atom stereocenters. The Morgan fingerprint density at radius 2 is 2.08 bits per heavy atom. The average Bonchev–Trinajstić information content (AvgIpc) is 2.09. The van der Waals surface area contributed by atoms with E-state index >= 15 is 0 Å². The summed E-state index contributed by atoms with van der Waals surface area (Å²) in [5.41, 5.74) is -1.20. The first kappa shape index (κ1) is 9.57. The number of nitriles is 1. The Balaban J connectivity index is 3.41. The lowest BCUT2D eigenvalue weighted by atomic mass is 9.78. The van der Waals surface area contributed by atoms with Crippen molar-refractivity contribution in [1.82, 2.24) is 4.98 Å². The molecule has 0 amide bonds. The number of halogens is 2. The molecule has 1 heterocycles. The fourth-order valence-electron chi connectivity index (χ4n) is 0.787. The minimum atomic E-state index is -2.04. The summed E-state index contributed by atoms with van der Waals surface area (Å²) < 4.78 is 25.1. The van der Waals surface area contributed by atoms with Crippen molar-refractivity contribution >= 4 is 12.6 Å². The summed E-state index contributed by atoms with van der Waals surface area (Å²) in [6, 6.07) is 1.31. The van der Waals surface area contributed by atoms with E-state index in [1.807, 2.05) is 0 Å². The topological polar surface area (TPSA) is 77.1 Å². The van der Waals surface area contributed by atoms with Crippen molar-refractivity contribution in [3.63, 3.8) is 0 Å². The molecule has 13 heavy (non-hydrogen) atoms. The maximum Gasteiger partial charge on any atom is 0.491 e. The molecule has 2 N–H and O–H groups in total. The second-order valence-electron chi connectivity index (χ2n) is 2.18. The number of rotatable bonds is 1. The van der Waals surface area contributed by atoms with E-state index in [0.29, 0.717) is 6.20 Å². The van der Waals surface area contributed by atoms with Crippen molar-refractivity contribution in [2.75, 3.05) is 0 Å². The molecule has 0 saturated carbocycles. The van der Waals surface area contributed by atoms with Gasteiger partial charge in [-0.05, 0) is 0 Å². The lowest BCUT2D eigenvalue weighted by Gasteiger charge is -2.02. The number of hydrogen-bond donors (Lipinski definition) is 2. The first-order chi connectivity index (χ1) is 6.07. The molecule has 0 aromatic carbocycles. The smallest absolute Gasteiger partial charge is 0.423 e. The number of aromatic nitrogens is 1. The van der Waals surface area contributed by atoms with Crippen molar-refractivity contribution in [3.05, 3.63) is 23.5 Å². The van der Waals surface area contributed by atoms with Crippen LogP contribution >= 0.6 is 0 Å². The Bertz CT molecular complexity index is 378. The van der Waals surface area contributed by atoms with Gasteiger partial charge in [0.25, 0.3) is 0 Å². The first-order valence-corrected chi connectivity index (χ1v) is 3.18. The fraction of sp³-hybridized carbons (Fsp3) is 0. The normalized spacial score (nSPS) is 9.46. The Labute approximate surface area is 72.2 Å². The predicted molar refractivity (Wildman–Crippen MR) is 38.7 cm³/mol. The van der Waals surface area contributed by atoms with Gasteiger partial charge in [-0.3, -0.25) is 0 Å². The van der Waals surface area contributed by atoms with Gasteiger partial charge in [0.2, 0.25) is 5.95 Å². The van der Waals surface area contributed by atoms with Crippen LogP contribution in [0.5, 0.6) is 0 Å². The lowest BCUT2D eigenvalue weighted by molar-refractivity contribution is 0.423. The molecule has 0 bridgehead atoms. The quantitative estimate of drug-likeness (QED) is 0.429. The van der Waals surface area contributed by atoms with Crippen LogP contribution in [0.25, 0.3) is 0 Å². The summed E-state index contributed by atoms with van der Waals surface area (Å²) >= 11 is 0. The second-order valence-corrected chi connectivity index (χ2v) is 2.18. The predicted octanol–water partition coefficient (Wildman–Crippen LogP) is -1.09. The zero-order valence-electron chi connectivity index (χ0n) is 6.20. The SMILES string of the molecule is N#Cc1c(B(O)O)cnc(F)c1F. The molecule has 0 aliphatic carbocycles. The summed E-state index contributed by atoms with van der Waals surface area (Å²) in [5.74, 6) is -2.92. The lowest BCUT2D eigenvalue weighted by Crippen LogP contribution is -2.34. The molecule has 0 aliphatic rings. The van der Waals surface area contributed by atoms with Crippen molar-refractivity contribution in [3.8, 4) is 6.07 Å². The Hall–Kier alpha value is -1.52. The van der Waals surface area contributed by atoms with Crippen molar-refractivity contribution in [1.29, 1.82) is 5.26 Å². The van der Waals surface area contributed by atoms with Gasteiger partial charge in [-0.15, -0.1) is 0 Å². The Kier molecular flexibility index (Phi) is 2.56. The largest absolute Gasteiger partial charge is 0.491 e. The first-order valence-electron chi connectivity index (χ1n) is 3.18. The van der Waals surface area contributed by atoms with E-state index in [4.69, 9.17) is 15.3 Å². The molecule has 1 aromatic rings. The molecular formula is C6H3BF2N2O2. The van der Waals surface area contributed by atoms with Crippen LogP contribution in [0.1, 0.15) is 5.56 Å². The molecule has 4 nitrogen and oxygen atoms in total. The highest BCUT2D eigenvalue weighted by atomic mass is 19.2. The number of hydrogen-bond acceptors (Lipinski definition) is 4. The summed E-state index contributed by atoms with van der Waals surface area (Å²) in [7, 11) is -2.04. The summed E-state index contributed by atoms with van der Waals surface area (Å²) in [5, 5.41) is 25.6. The molecular weight excluding hydrogens is 181 g/mol. The zero-order valence-corrected chi connectivity index (χ0v) is 6.20. The van der Waals surface area contributed by atoms with Gasteiger partial charge in [-0.25, -0.2) is 9.37 Å². The average molecular weight is 184 g/mol. The third kappa shape index (κ3) is 1.64. The van der Waals surface area contributed by atoms with Crippen LogP contribution in [0.4, 0.5) is 8.78 Å².